The van der Waals surface area contributed by atoms with E-state index in [1.165, 1.54) is 6.07 Å². The van der Waals surface area contributed by atoms with E-state index < -0.39 is 4.92 Å². The number of aryl methyl sites for hydroxylation is 1. The lowest BCUT2D eigenvalue weighted by Crippen LogP contribution is -2.10. The molecule has 0 aromatic heterocycles. The Morgan fingerprint density at radius 2 is 1.81 bits per heavy atom. The van der Waals surface area contributed by atoms with Crippen molar-refractivity contribution in [2.45, 2.75) is 6.92 Å². The minimum atomic E-state index is -0.528. The SMILES string of the molecule is Cc1cccc(Nc2cccc(NN)c2[N+](=O)[O-])c1C#N. The number of nitrogen functional groups attached to an aromatic ring is 1. The highest BCUT2D eigenvalue weighted by molar-refractivity contribution is 5.81. The van der Waals surface area contributed by atoms with Gasteiger partial charge in [0.1, 0.15) is 17.4 Å². The van der Waals surface area contributed by atoms with E-state index in [0.717, 1.165) is 5.56 Å². The lowest BCUT2D eigenvalue weighted by atomic mass is 10.1. The number of hydrazine groups is 1. The Morgan fingerprint density at radius 3 is 2.43 bits per heavy atom. The van der Waals surface area contributed by atoms with E-state index in [1.807, 2.05) is 0 Å². The average Bonchev–Trinajstić information content (AvgIpc) is 2.47. The molecule has 0 heterocycles. The molecule has 0 spiro atoms. The number of nitriles is 1. The second-order valence-electron chi connectivity index (χ2n) is 4.34. The van der Waals surface area contributed by atoms with Gasteiger partial charge in [0.05, 0.1) is 16.2 Å². The minimum Gasteiger partial charge on any atom is -0.349 e. The van der Waals surface area contributed by atoms with Crippen LogP contribution in [0.15, 0.2) is 36.4 Å². The third kappa shape index (κ3) is 2.75. The van der Waals surface area contributed by atoms with Crippen LogP contribution in [0, 0.1) is 28.4 Å². The maximum Gasteiger partial charge on any atom is 0.316 e. The number of benzene rings is 2. The summed E-state index contributed by atoms with van der Waals surface area (Å²) in [4.78, 5) is 10.7. The number of nitro benzene ring substituents is 1. The van der Waals surface area contributed by atoms with Crippen LogP contribution in [0.5, 0.6) is 0 Å². The van der Waals surface area contributed by atoms with Gasteiger partial charge in [-0.1, -0.05) is 18.2 Å². The summed E-state index contributed by atoms with van der Waals surface area (Å²) in [6, 6.07) is 12.0. The Bertz CT molecular complexity index is 737. The number of nitrogens with two attached hydrogens (primary N) is 1. The molecule has 7 nitrogen and oxygen atoms in total. The Hall–Kier alpha value is -3.11. The minimum absolute atomic E-state index is 0.176. The molecule has 0 bridgehead atoms. The summed E-state index contributed by atoms with van der Waals surface area (Å²) in [6.45, 7) is 1.80. The molecule has 2 rings (SSSR count). The smallest absolute Gasteiger partial charge is 0.316 e. The highest BCUT2D eigenvalue weighted by Crippen LogP contribution is 2.35. The third-order valence-electron chi connectivity index (χ3n) is 3.03. The number of nitro groups is 1. The number of anilines is 3. The van der Waals surface area contributed by atoms with Gasteiger partial charge < -0.3 is 10.7 Å². The lowest BCUT2D eigenvalue weighted by molar-refractivity contribution is -0.383. The fourth-order valence-corrected chi connectivity index (χ4v) is 2.02. The molecular weight excluding hydrogens is 270 g/mol. The predicted molar refractivity (Wildman–Crippen MR) is 80.1 cm³/mol. The van der Waals surface area contributed by atoms with E-state index in [1.54, 1.807) is 37.3 Å². The van der Waals surface area contributed by atoms with Gasteiger partial charge in [-0.2, -0.15) is 5.26 Å². The molecule has 0 aliphatic rings. The van der Waals surface area contributed by atoms with E-state index in [-0.39, 0.29) is 17.1 Å². The molecule has 0 amide bonds. The molecule has 0 unspecified atom stereocenters. The van der Waals surface area contributed by atoms with Gasteiger partial charge in [-0.05, 0) is 30.7 Å². The number of hydrogen-bond acceptors (Lipinski definition) is 6. The average molecular weight is 283 g/mol. The Kier molecular flexibility index (Phi) is 4.02. The molecule has 7 heteroatoms. The zero-order valence-corrected chi connectivity index (χ0v) is 11.3. The van der Waals surface area contributed by atoms with Crippen molar-refractivity contribution in [1.82, 2.24) is 0 Å². The molecule has 0 atom stereocenters. The molecule has 0 saturated heterocycles. The van der Waals surface area contributed by atoms with Crippen molar-refractivity contribution < 1.29 is 4.92 Å². The molecule has 4 N–H and O–H groups in total. The number of nitrogens with one attached hydrogen (secondary N) is 2. The maximum atomic E-state index is 11.2. The summed E-state index contributed by atoms with van der Waals surface area (Å²) in [5.74, 6) is 5.30. The number of nitrogens with zero attached hydrogens (tertiary/aromatic N) is 2. The zero-order chi connectivity index (χ0) is 15.4. The normalized spacial score (nSPS) is 9.76. The van der Waals surface area contributed by atoms with Crippen molar-refractivity contribution in [3.05, 3.63) is 57.6 Å². The summed E-state index contributed by atoms with van der Waals surface area (Å²) in [6.07, 6.45) is 0. The van der Waals surface area contributed by atoms with Gasteiger partial charge in [0.25, 0.3) is 0 Å². The Balaban J connectivity index is 2.53. The number of rotatable bonds is 4. The van der Waals surface area contributed by atoms with E-state index in [9.17, 15) is 15.4 Å². The van der Waals surface area contributed by atoms with Crippen molar-refractivity contribution in [3.63, 3.8) is 0 Å². The first kappa shape index (κ1) is 14.3. The summed E-state index contributed by atoms with van der Waals surface area (Å²) < 4.78 is 0. The zero-order valence-electron chi connectivity index (χ0n) is 11.3. The predicted octanol–water partition coefficient (Wildman–Crippen LogP) is 2.80. The van der Waals surface area contributed by atoms with Crippen LogP contribution in [-0.2, 0) is 0 Å². The van der Waals surface area contributed by atoms with Crippen molar-refractivity contribution in [2.24, 2.45) is 5.84 Å². The fourth-order valence-electron chi connectivity index (χ4n) is 2.02. The molecule has 2 aromatic carbocycles. The van der Waals surface area contributed by atoms with E-state index in [0.29, 0.717) is 11.3 Å². The lowest BCUT2D eigenvalue weighted by Gasteiger charge is -2.12. The Morgan fingerprint density at radius 1 is 1.19 bits per heavy atom. The maximum absolute atomic E-state index is 11.2. The fraction of sp³-hybridized carbons (Fsp3) is 0.0714. The van der Waals surface area contributed by atoms with Crippen LogP contribution in [0.25, 0.3) is 0 Å². The summed E-state index contributed by atoms with van der Waals surface area (Å²) >= 11 is 0. The van der Waals surface area contributed by atoms with Gasteiger partial charge in [-0.25, -0.2) is 0 Å². The number of para-hydroxylation sites is 1. The number of hydrogen-bond donors (Lipinski definition) is 3. The van der Waals surface area contributed by atoms with Crippen molar-refractivity contribution in [1.29, 1.82) is 5.26 Å². The molecule has 2 aromatic rings. The van der Waals surface area contributed by atoms with Gasteiger partial charge in [-0.15, -0.1) is 0 Å². The summed E-state index contributed by atoms with van der Waals surface area (Å²) in [5.41, 5.74) is 4.31. The molecule has 0 fully saturated rings. The molecule has 0 aliphatic heterocycles. The standard InChI is InChI=1S/C14H13N5O2/c1-9-4-2-5-11(10(9)8-15)17-12-6-3-7-13(18-16)14(12)19(20)21/h2-7,17-18H,16H2,1H3. The van der Waals surface area contributed by atoms with E-state index >= 15 is 0 Å². The van der Waals surface area contributed by atoms with Crippen molar-refractivity contribution >= 4 is 22.7 Å². The van der Waals surface area contributed by atoms with Crippen LogP contribution < -0.4 is 16.6 Å². The second-order valence-corrected chi connectivity index (χ2v) is 4.34. The van der Waals surface area contributed by atoms with Crippen LogP contribution >= 0.6 is 0 Å². The molecule has 106 valence electrons. The molecule has 0 saturated carbocycles. The first-order valence-electron chi connectivity index (χ1n) is 6.09. The first-order valence-corrected chi connectivity index (χ1v) is 6.09. The highest BCUT2D eigenvalue weighted by Gasteiger charge is 2.20. The highest BCUT2D eigenvalue weighted by atomic mass is 16.6. The van der Waals surface area contributed by atoms with Crippen LogP contribution in [0.4, 0.5) is 22.7 Å². The van der Waals surface area contributed by atoms with Gasteiger partial charge in [-0.3, -0.25) is 16.0 Å². The van der Waals surface area contributed by atoms with Crippen LogP contribution in [-0.4, -0.2) is 4.92 Å². The van der Waals surface area contributed by atoms with Crippen LogP contribution in [0.3, 0.4) is 0 Å². The molecule has 0 radical (unpaired) electrons. The second kappa shape index (κ2) is 5.90. The quantitative estimate of drug-likeness (QED) is 0.451. The van der Waals surface area contributed by atoms with Gasteiger partial charge in [0, 0.05) is 0 Å². The first-order chi connectivity index (χ1) is 10.1. The topological polar surface area (TPSA) is 117 Å². The Labute approximate surface area is 121 Å². The molecule has 21 heavy (non-hydrogen) atoms. The van der Waals surface area contributed by atoms with Gasteiger partial charge >= 0.3 is 5.69 Å². The van der Waals surface area contributed by atoms with Crippen molar-refractivity contribution in [3.8, 4) is 6.07 Å². The third-order valence-corrected chi connectivity index (χ3v) is 3.03. The van der Waals surface area contributed by atoms with Crippen molar-refractivity contribution in [2.75, 3.05) is 10.7 Å². The van der Waals surface area contributed by atoms with E-state index in [2.05, 4.69) is 16.8 Å². The van der Waals surface area contributed by atoms with Gasteiger partial charge in [0.2, 0.25) is 0 Å². The molecule has 0 aliphatic carbocycles. The monoisotopic (exact) mass is 283 g/mol. The summed E-state index contributed by atoms with van der Waals surface area (Å²) in [5, 5.41) is 23.3. The van der Waals surface area contributed by atoms with Crippen LogP contribution in [0.2, 0.25) is 0 Å². The molecular formula is C14H13N5O2. The van der Waals surface area contributed by atoms with Crippen LogP contribution in [0.1, 0.15) is 11.1 Å². The van der Waals surface area contributed by atoms with Gasteiger partial charge in [0.15, 0.2) is 0 Å². The largest absolute Gasteiger partial charge is 0.349 e. The summed E-state index contributed by atoms with van der Waals surface area (Å²) in [7, 11) is 0. The van der Waals surface area contributed by atoms with E-state index in [4.69, 9.17) is 5.84 Å².